The summed E-state index contributed by atoms with van der Waals surface area (Å²) >= 11 is 6.62. The van der Waals surface area contributed by atoms with Crippen LogP contribution in [0, 0.1) is 11.2 Å². The lowest BCUT2D eigenvalue weighted by molar-refractivity contribution is 0.205. The Morgan fingerprint density at radius 2 is 1.82 bits per heavy atom. The van der Waals surface area contributed by atoms with Crippen LogP contribution in [-0.2, 0) is 0 Å². The van der Waals surface area contributed by atoms with Gasteiger partial charge in [-0.1, -0.05) is 35.9 Å². The van der Waals surface area contributed by atoms with E-state index in [1.165, 1.54) is 12.4 Å². The standard InChI is InChI=1S/C23H20ClFN6O2/c24-18-11-17-21(27-12-28-22(17)30-5-7-31(8-6-30)23(26)29-33)20(25)19(18)16-10-14(32)9-13-3-1-2-4-15(13)16/h1-4,9-12,32-33H,5-8H2,(H2,26,29). The molecule has 0 aliphatic carbocycles. The highest BCUT2D eigenvalue weighted by Crippen LogP contribution is 2.41. The lowest BCUT2D eigenvalue weighted by Crippen LogP contribution is -2.51. The first-order valence-electron chi connectivity index (χ1n) is 10.3. The molecular weight excluding hydrogens is 447 g/mol. The Morgan fingerprint density at radius 3 is 2.58 bits per heavy atom. The van der Waals surface area contributed by atoms with Crippen molar-refractivity contribution < 1.29 is 14.7 Å². The van der Waals surface area contributed by atoms with Crippen molar-refractivity contribution in [2.75, 3.05) is 31.1 Å². The van der Waals surface area contributed by atoms with Crippen LogP contribution in [0.2, 0.25) is 5.02 Å². The number of halogens is 2. The monoisotopic (exact) mass is 466 g/mol. The van der Waals surface area contributed by atoms with Gasteiger partial charge < -0.3 is 14.9 Å². The highest BCUT2D eigenvalue weighted by atomic mass is 35.5. The van der Waals surface area contributed by atoms with Crippen LogP contribution in [0.3, 0.4) is 0 Å². The summed E-state index contributed by atoms with van der Waals surface area (Å²) in [5.41, 5.74) is 2.65. The fourth-order valence-corrected chi connectivity index (χ4v) is 4.62. The van der Waals surface area contributed by atoms with E-state index in [1.54, 1.807) is 17.0 Å². The van der Waals surface area contributed by atoms with Crippen LogP contribution in [0.4, 0.5) is 10.2 Å². The number of hydroxylamine groups is 1. The maximum absolute atomic E-state index is 15.9. The summed E-state index contributed by atoms with van der Waals surface area (Å²) < 4.78 is 15.9. The van der Waals surface area contributed by atoms with Gasteiger partial charge in [-0.15, -0.1) is 0 Å². The van der Waals surface area contributed by atoms with Crippen LogP contribution in [0.1, 0.15) is 0 Å². The predicted molar refractivity (Wildman–Crippen MR) is 126 cm³/mol. The largest absolute Gasteiger partial charge is 0.508 e. The minimum absolute atomic E-state index is 0.0171. The van der Waals surface area contributed by atoms with Gasteiger partial charge in [0.05, 0.1) is 5.02 Å². The number of fused-ring (bicyclic) bond motifs is 2. The van der Waals surface area contributed by atoms with Gasteiger partial charge in [0, 0.05) is 37.1 Å². The quantitative estimate of drug-likeness (QED) is 0.201. The Hall–Kier alpha value is -3.69. The summed E-state index contributed by atoms with van der Waals surface area (Å²) in [6.07, 6.45) is 1.32. The molecule has 5 rings (SSSR count). The molecule has 0 spiro atoms. The number of nitrogens with one attached hydrogen (secondary N) is 2. The SMILES string of the molecule is N=C(NO)N1CCN(c2ncnc3c(F)c(-c4cc(O)cc5ccccc45)c(Cl)cc23)CC1. The number of anilines is 1. The van der Waals surface area contributed by atoms with Crippen molar-refractivity contribution in [2.45, 2.75) is 0 Å². The van der Waals surface area contributed by atoms with Crippen molar-refractivity contribution in [3.05, 3.63) is 59.6 Å². The van der Waals surface area contributed by atoms with Crippen LogP contribution < -0.4 is 10.4 Å². The molecule has 1 aliphatic rings. The topological polar surface area (TPSA) is 109 Å². The van der Waals surface area contributed by atoms with E-state index in [2.05, 4.69) is 9.97 Å². The van der Waals surface area contributed by atoms with Gasteiger partial charge in [-0.3, -0.25) is 10.6 Å². The third-order valence-corrected chi connectivity index (χ3v) is 6.22. The minimum Gasteiger partial charge on any atom is -0.508 e. The Kier molecular flexibility index (Phi) is 5.35. The number of hydrogen-bond donors (Lipinski definition) is 4. The van der Waals surface area contributed by atoms with Crippen molar-refractivity contribution in [3.8, 4) is 16.9 Å². The van der Waals surface area contributed by atoms with Crippen molar-refractivity contribution >= 4 is 45.1 Å². The average Bonchev–Trinajstić information content (AvgIpc) is 2.83. The molecule has 0 radical (unpaired) electrons. The molecule has 0 bridgehead atoms. The molecule has 1 aromatic heterocycles. The number of piperazine rings is 1. The number of hydrogen-bond acceptors (Lipinski definition) is 6. The summed E-state index contributed by atoms with van der Waals surface area (Å²) in [5, 5.41) is 29.1. The summed E-state index contributed by atoms with van der Waals surface area (Å²) in [4.78, 5) is 12.3. The maximum atomic E-state index is 15.9. The number of aromatic nitrogens is 2. The first-order valence-corrected chi connectivity index (χ1v) is 10.7. The van der Waals surface area contributed by atoms with E-state index < -0.39 is 5.82 Å². The predicted octanol–water partition coefficient (Wildman–Crippen LogP) is 3.98. The van der Waals surface area contributed by atoms with Crippen molar-refractivity contribution in [2.24, 2.45) is 0 Å². The molecule has 1 aliphatic heterocycles. The molecule has 2 heterocycles. The van der Waals surface area contributed by atoms with Crippen LogP contribution in [-0.4, -0.2) is 57.3 Å². The zero-order chi connectivity index (χ0) is 23.1. The lowest BCUT2D eigenvalue weighted by atomic mass is 9.96. The average molecular weight is 467 g/mol. The Labute approximate surface area is 193 Å². The second kappa shape index (κ2) is 8.34. The van der Waals surface area contributed by atoms with E-state index in [9.17, 15) is 5.11 Å². The number of phenols is 1. The first kappa shape index (κ1) is 21.2. The number of phenolic OH excluding ortho intramolecular Hbond substituents is 1. The summed E-state index contributed by atoms with van der Waals surface area (Å²) in [5.74, 6) is -0.0826. The van der Waals surface area contributed by atoms with E-state index in [0.29, 0.717) is 42.9 Å². The number of rotatable bonds is 2. The Bertz CT molecular complexity index is 1390. The molecule has 0 unspecified atom stereocenters. The first-order chi connectivity index (χ1) is 16.0. The molecule has 8 nitrogen and oxygen atoms in total. The fraction of sp³-hybridized carbons (Fsp3) is 0.174. The van der Waals surface area contributed by atoms with Crippen LogP contribution in [0.15, 0.2) is 48.8 Å². The van der Waals surface area contributed by atoms with Gasteiger partial charge in [0.2, 0.25) is 5.96 Å². The number of aromatic hydroxyl groups is 1. The van der Waals surface area contributed by atoms with E-state index in [1.807, 2.05) is 34.6 Å². The normalized spacial score (nSPS) is 14.2. The van der Waals surface area contributed by atoms with E-state index >= 15 is 4.39 Å². The third-order valence-electron chi connectivity index (χ3n) is 5.92. The zero-order valence-corrected chi connectivity index (χ0v) is 18.1. The highest BCUT2D eigenvalue weighted by molar-refractivity contribution is 6.35. The number of guanidine groups is 1. The second-order valence-electron chi connectivity index (χ2n) is 7.79. The molecule has 3 aromatic carbocycles. The molecule has 33 heavy (non-hydrogen) atoms. The molecule has 168 valence electrons. The highest BCUT2D eigenvalue weighted by Gasteiger charge is 2.24. The van der Waals surface area contributed by atoms with Gasteiger partial charge in [-0.2, -0.15) is 0 Å². The number of nitrogens with zero attached hydrogens (tertiary/aromatic N) is 4. The van der Waals surface area contributed by atoms with E-state index in [4.69, 9.17) is 22.2 Å². The summed E-state index contributed by atoms with van der Waals surface area (Å²) in [6, 6.07) is 12.2. The van der Waals surface area contributed by atoms with Gasteiger partial charge >= 0.3 is 0 Å². The Balaban J connectivity index is 1.62. The smallest absolute Gasteiger partial charge is 0.215 e. The molecule has 10 heteroatoms. The lowest BCUT2D eigenvalue weighted by Gasteiger charge is -2.36. The molecule has 0 saturated carbocycles. The van der Waals surface area contributed by atoms with Gasteiger partial charge in [0.1, 0.15) is 23.4 Å². The molecule has 4 N–H and O–H groups in total. The van der Waals surface area contributed by atoms with Gasteiger partial charge in [0.25, 0.3) is 0 Å². The molecule has 4 aromatic rings. The van der Waals surface area contributed by atoms with Gasteiger partial charge in [-0.05, 0) is 34.5 Å². The van der Waals surface area contributed by atoms with Crippen molar-refractivity contribution in [1.82, 2.24) is 20.3 Å². The third kappa shape index (κ3) is 3.65. The molecule has 1 fully saturated rings. The van der Waals surface area contributed by atoms with E-state index in [0.717, 1.165) is 10.8 Å². The molecular formula is C23H20ClFN6O2. The maximum Gasteiger partial charge on any atom is 0.215 e. The summed E-state index contributed by atoms with van der Waals surface area (Å²) in [6.45, 7) is 2.02. The van der Waals surface area contributed by atoms with Crippen LogP contribution in [0.5, 0.6) is 5.75 Å². The molecule has 0 amide bonds. The zero-order valence-electron chi connectivity index (χ0n) is 17.4. The molecule has 0 atom stereocenters. The Morgan fingerprint density at radius 1 is 1.06 bits per heavy atom. The fourth-order valence-electron chi connectivity index (χ4n) is 4.33. The van der Waals surface area contributed by atoms with Crippen LogP contribution >= 0.6 is 11.6 Å². The number of benzene rings is 3. The molecule has 1 saturated heterocycles. The van der Waals surface area contributed by atoms with Crippen molar-refractivity contribution in [1.29, 1.82) is 5.41 Å². The minimum atomic E-state index is -0.582. The van der Waals surface area contributed by atoms with Crippen LogP contribution in [0.25, 0.3) is 32.8 Å². The van der Waals surface area contributed by atoms with Crippen molar-refractivity contribution in [3.63, 3.8) is 0 Å². The summed E-state index contributed by atoms with van der Waals surface area (Å²) in [7, 11) is 0. The van der Waals surface area contributed by atoms with Gasteiger partial charge in [-0.25, -0.2) is 19.8 Å². The van der Waals surface area contributed by atoms with E-state index in [-0.39, 0.29) is 27.8 Å². The van der Waals surface area contributed by atoms with Gasteiger partial charge in [0.15, 0.2) is 5.82 Å². The second-order valence-corrected chi connectivity index (χ2v) is 8.20.